The van der Waals surface area contributed by atoms with E-state index in [1.807, 2.05) is 31.2 Å². The van der Waals surface area contributed by atoms with Gasteiger partial charge in [-0.2, -0.15) is 0 Å². The first-order chi connectivity index (χ1) is 8.16. The Balaban J connectivity index is 2.19. The molecule has 4 heteroatoms. The molecule has 0 unspecified atom stereocenters. The van der Waals surface area contributed by atoms with Crippen molar-refractivity contribution >= 4 is 28.5 Å². The highest BCUT2D eigenvalue weighted by atomic mass is 16.6. The summed E-state index contributed by atoms with van der Waals surface area (Å²) in [7, 11) is 0. The number of hydrogen-bond acceptors (Lipinski definition) is 4. The maximum Gasteiger partial charge on any atom is 0.384 e. The van der Waals surface area contributed by atoms with Crippen LogP contribution in [-0.2, 0) is 14.3 Å². The molecule has 0 saturated heterocycles. The zero-order chi connectivity index (χ0) is 12.0. The van der Waals surface area contributed by atoms with Crippen LogP contribution in [-0.4, -0.2) is 11.8 Å². The molecule has 0 spiro atoms. The molecular formula is C13H8O4. The maximum atomic E-state index is 11.1. The number of rotatable bonds is 1. The van der Waals surface area contributed by atoms with E-state index in [9.17, 15) is 9.59 Å². The highest BCUT2D eigenvalue weighted by molar-refractivity contribution is 6.43. The highest BCUT2D eigenvalue weighted by Crippen LogP contribution is 2.32. The van der Waals surface area contributed by atoms with Crippen LogP contribution in [0.3, 0.4) is 0 Å². The third-order valence-electron chi connectivity index (χ3n) is 2.73. The second kappa shape index (κ2) is 3.31. The number of carbonyl (C=O) groups is 2. The number of aryl methyl sites for hydroxylation is 1. The average molecular weight is 228 g/mol. The zero-order valence-electron chi connectivity index (χ0n) is 9.02. The number of carbonyl (C=O) groups excluding carboxylic acids is 2. The van der Waals surface area contributed by atoms with Gasteiger partial charge in [0.05, 0.1) is 0 Å². The van der Waals surface area contributed by atoms with Crippen molar-refractivity contribution in [1.29, 1.82) is 0 Å². The van der Waals surface area contributed by atoms with Gasteiger partial charge >= 0.3 is 5.97 Å². The van der Waals surface area contributed by atoms with Crippen LogP contribution in [0, 0.1) is 6.92 Å². The Morgan fingerprint density at radius 3 is 2.53 bits per heavy atom. The Bertz CT molecular complexity index is 676. The zero-order valence-corrected chi connectivity index (χ0v) is 9.02. The third-order valence-corrected chi connectivity index (χ3v) is 2.73. The number of fused-ring (bicyclic) bond motifs is 1. The van der Waals surface area contributed by atoms with Crippen LogP contribution in [0.2, 0.25) is 0 Å². The number of ketones is 1. The van der Waals surface area contributed by atoms with Crippen molar-refractivity contribution in [3.05, 3.63) is 41.7 Å². The number of ether oxygens (including phenoxy) is 1. The average Bonchev–Trinajstić information content (AvgIpc) is 2.82. The van der Waals surface area contributed by atoms with Gasteiger partial charge < -0.3 is 9.15 Å². The van der Waals surface area contributed by atoms with Crippen LogP contribution in [0.4, 0.5) is 0 Å². The molecule has 2 aromatic rings. The summed E-state index contributed by atoms with van der Waals surface area (Å²) in [5.74, 6) is -0.890. The number of hydrogen-bond donors (Lipinski definition) is 0. The Morgan fingerprint density at radius 2 is 1.88 bits per heavy atom. The molecule has 1 aromatic heterocycles. The molecule has 0 bridgehead atoms. The van der Waals surface area contributed by atoms with Crippen LogP contribution >= 0.6 is 0 Å². The Kier molecular flexibility index (Phi) is 1.92. The molecule has 0 fully saturated rings. The van der Waals surface area contributed by atoms with Crippen LogP contribution < -0.4 is 0 Å². The minimum absolute atomic E-state index is 0.189. The molecule has 0 atom stereocenters. The van der Waals surface area contributed by atoms with Gasteiger partial charge in [-0.05, 0) is 13.0 Å². The van der Waals surface area contributed by atoms with Crippen molar-refractivity contribution in [2.24, 2.45) is 0 Å². The molecular weight excluding hydrogens is 220 g/mol. The lowest BCUT2D eigenvalue weighted by Crippen LogP contribution is -2.05. The first kappa shape index (κ1) is 9.84. The van der Waals surface area contributed by atoms with Gasteiger partial charge in [0.15, 0.2) is 11.5 Å². The largest absolute Gasteiger partial charge is 0.452 e. The summed E-state index contributed by atoms with van der Waals surface area (Å²) in [6, 6.07) is 7.49. The molecule has 1 aliphatic rings. The van der Waals surface area contributed by atoms with E-state index < -0.39 is 11.8 Å². The summed E-state index contributed by atoms with van der Waals surface area (Å²) in [6.07, 6.45) is 1.16. The Hall–Kier alpha value is -2.36. The summed E-state index contributed by atoms with van der Waals surface area (Å²) in [4.78, 5) is 22.1. The summed E-state index contributed by atoms with van der Waals surface area (Å²) < 4.78 is 10.4. The van der Waals surface area contributed by atoms with Crippen LogP contribution in [0.1, 0.15) is 11.3 Å². The van der Waals surface area contributed by atoms with E-state index in [1.54, 1.807) is 0 Å². The van der Waals surface area contributed by atoms with Gasteiger partial charge in [-0.1, -0.05) is 18.2 Å². The second-order valence-electron chi connectivity index (χ2n) is 3.81. The van der Waals surface area contributed by atoms with Crippen molar-refractivity contribution in [1.82, 2.24) is 0 Å². The lowest BCUT2D eigenvalue weighted by Gasteiger charge is -1.97. The molecule has 84 valence electrons. The van der Waals surface area contributed by atoms with Crippen molar-refractivity contribution < 1.29 is 18.7 Å². The molecule has 0 amide bonds. The van der Waals surface area contributed by atoms with Crippen LogP contribution in [0.15, 0.2) is 34.8 Å². The van der Waals surface area contributed by atoms with Crippen molar-refractivity contribution in [3.8, 4) is 0 Å². The topological polar surface area (TPSA) is 56.5 Å². The van der Waals surface area contributed by atoms with E-state index in [4.69, 9.17) is 9.15 Å². The van der Waals surface area contributed by atoms with Crippen molar-refractivity contribution in [2.75, 3.05) is 0 Å². The van der Waals surface area contributed by atoms with E-state index in [0.717, 1.165) is 17.0 Å². The van der Waals surface area contributed by atoms with Gasteiger partial charge in [-0.15, -0.1) is 0 Å². The second-order valence-corrected chi connectivity index (χ2v) is 3.81. The third kappa shape index (κ3) is 1.38. The quantitative estimate of drug-likeness (QED) is 0.554. The molecule has 4 nitrogen and oxygen atoms in total. The molecule has 0 saturated carbocycles. The van der Waals surface area contributed by atoms with Gasteiger partial charge in [-0.25, -0.2) is 4.79 Å². The first-order valence-corrected chi connectivity index (χ1v) is 5.13. The van der Waals surface area contributed by atoms with E-state index in [0.29, 0.717) is 11.3 Å². The molecule has 1 aliphatic heterocycles. The lowest BCUT2D eigenvalue weighted by atomic mass is 10.1. The van der Waals surface area contributed by atoms with Crippen molar-refractivity contribution in [2.45, 2.75) is 6.92 Å². The van der Waals surface area contributed by atoms with Crippen LogP contribution in [0.5, 0.6) is 0 Å². The fourth-order valence-corrected chi connectivity index (χ4v) is 1.88. The minimum Gasteiger partial charge on any atom is -0.452 e. The Morgan fingerprint density at radius 1 is 1.12 bits per heavy atom. The minimum atomic E-state index is -0.861. The smallest absolute Gasteiger partial charge is 0.384 e. The SMILES string of the molecule is Cc1c(C2=CC(=O)C(=O)O2)oc2ccccc12. The van der Waals surface area contributed by atoms with Crippen molar-refractivity contribution in [3.63, 3.8) is 0 Å². The van der Waals surface area contributed by atoms with Gasteiger partial charge in [0, 0.05) is 17.0 Å². The van der Waals surface area contributed by atoms with E-state index in [2.05, 4.69) is 0 Å². The molecule has 0 aliphatic carbocycles. The predicted octanol–water partition coefficient (Wildman–Crippen LogP) is 2.21. The first-order valence-electron chi connectivity index (χ1n) is 5.13. The summed E-state index contributed by atoms with van der Waals surface area (Å²) in [5, 5.41) is 0.943. The molecule has 2 heterocycles. The number of esters is 1. The van der Waals surface area contributed by atoms with Crippen LogP contribution in [0.25, 0.3) is 16.7 Å². The lowest BCUT2D eigenvalue weighted by molar-refractivity contribution is -0.144. The molecule has 17 heavy (non-hydrogen) atoms. The summed E-state index contributed by atoms with van der Waals surface area (Å²) >= 11 is 0. The fraction of sp³-hybridized carbons (Fsp3) is 0.0769. The van der Waals surface area contributed by atoms with E-state index in [1.165, 1.54) is 0 Å². The van der Waals surface area contributed by atoms with E-state index >= 15 is 0 Å². The number of cyclic esters (lactones) is 1. The van der Waals surface area contributed by atoms with Gasteiger partial charge in [0.25, 0.3) is 5.78 Å². The van der Waals surface area contributed by atoms with Gasteiger partial charge in [0.1, 0.15) is 5.58 Å². The maximum absolute atomic E-state index is 11.1. The number of para-hydroxylation sites is 1. The normalized spacial score (nSPS) is 15.2. The molecule has 0 N–H and O–H groups in total. The van der Waals surface area contributed by atoms with Gasteiger partial charge in [0.2, 0.25) is 0 Å². The number of benzene rings is 1. The fourth-order valence-electron chi connectivity index (χ4n) is 1.88. The highest BCUT2D eigenvalue weighted by Gasteiger charge is 2.28. The van der Waals surface area contributed by atoms with Gasteiger partial charge in [-0.3, -0.25) is 4.79 Å². The molecule has 0 radical (unpaired) electrons. The Labute approximate surface area is 96.5 Å². The number of furan rings is 1. The molecule has 3 rings (SSSR count). The predicted molar refractivity (Wildman–Crippen MR) is 60.0 cm³/mol. The summed E-state index contributed by atoms with van der Waals surface area (Å²) in [5.41, 5.74) is 1.56. The molecule has 1 aromatic carbocycles. The monoisotopic (exact) mass is 228 g/mol. The summed E-state index contributed by atoms with van der Waals surface area (Å²) in [6.45, 7) is 1.86. The van der Waals surface area contributed by atoms with E-state index in [-0.39, 0.29) is 5.76 Å². The standard InChI is InChI=1S/C13H8O4/c1-7-8-4-2-3-5-10(8)16-12(7)11-6-9(14)13(15)17-11/h2-6H,1H3.